The third-order valence-electron chi connectivity index (χ3n) is 1.92. The van der Waals surface area contributed by atoms with E-state index >= 15 is 0 Å². The summed E-state index contributed by atoms with van der Waals surface area (Å²) in [6.45, 7) is 4.02. The highest BCUT2D eigenvalue weighted by molar-refractivity contribution is 5.73. The molecule has 1 rings (SSSR count). The van der Waals surface area contributed by atoms with Crippen molar-refractivity contribution in [2.24, 2.45) is 5.92 Å². The van der Waals surface area contributed by atoms with Crippen molar-refractivity contribution in [3.8, 4) is 0 Å². The quantitative estimate of drug-likeness (QED) is 0.580. The molecule has 0 unspecified atom stereocenters. The highest BCUT2D eigenvalue weighted by atomic mass is 16.5. The lowest BCUT2D eigenvalue weighted by Crippen LogP contribution is -2.14. The van der Waals surface area contributed by atoms with Gasteiger partial charge in [-0.05, 0) is 18.9 Å². The molecular weight excluding hydrogens is 140 g/mol. The van der Waals surface area contributed by atoms with Gasteiger partial charge in [0.15, 0.2) is 0 Å². The average Bonchev–Trinajstić information content (AvgIpc) is 2.74. The topological polar surface area (TPSA) is 26.3 Å². The molecule has 62 valence electrons. The van der Waals surface area contributed by atoms with E-state index in [0.29, 0.717) is 0 Å². The number of carbonyl (C=O) groups is 1. The Morgan fingerprint density at radius 3 is 2.55 bits per heavy atom. The van der Waals surface area contributed by atoms with Gasteiger partial charge in [0.05, 0.1) is 5.92 Å². The highest BCUT2D eigenvalue weighted by Crippen LogP contribution is 2.22. The fourth-order valence-corrected chi connectivity index (χ4v) is 0.960. The van der Waals surface area contributed by atoms with Gasteiger partial charge in [0.1, 0.15) is 5.76 Å². The first-order valence-electron chi connectivity index (χ1n) is 4.18. The summed E-state index contributed by atoms with van der Waals surface area (Å²) in [5.41, 5.74) is 0. The normalized spacial score (nSPS) is 14.6. The maximum atomic E-state index is 11.2. The highest BCUT2D eigenvalue weighted by Gasteiger charge is 2.20. The molecule has 0 N–H and O–H groups in total. The third-order valence-corrected chi connectivity index (χ3v) is 1.92. The fourth-order valence-electron chi connectivity index (χ4n) is 0.960. The lowest BCUT2D eigenvalue weighted by molar-refractivity contribution is -0.143. The molecule has 0 aliphatic heterocycles. The van der Waals surface area contributed by atoms with Crippen LogP contribution in [0.15, 0.2) is 11.8 Å². The Hall–Kier alpha value is -0.790. The summed E-state index contributed by atoms with van der Waals surface area (Å²) in [7, 11) is 0. The van der Waals surface area contributed by atoms with E-state index in [9.17, 15) is 4.79 Å². The second kappa shape index (κ2) is 3.56. The van der Waals surface area contributed by atoms with Crippen LogP contribution in [0.4, 0.5) is 0 Å². The average molecular weight is 154 g/mol. The molecule has 0 aromatic heterocycles. The fraction of sp³-hybridized carbons (Fsp3) is 0.667. The van der Waals surface area contributed by atoms with Crippen molar-refractivity contribution in [1.29, 1.82) is 0 Å². The first-order valence-corrected chi connectivity index (χ1v) is 4.18. The molecule has 11 heavy (non-hydrogen) atoms. The number of carbonyl (C=O) groups excluding carboxylic acids is 1. The lowest BCUT2D eigenvalue weighted by Gasteiger charge is -2.08. The molecule has 0 aromatic rings. The Balaban J connectivity index is 2.30. The number of rotatable bonds is 4. The SMILES string of the molecule is CCC(CC)C(=O)OC1=CC1. The molecule has 1 aliphatic carbocycles. The zero-order chi connectivity index (χ0) is 8.27. The van der Waals surface area contributed by atoms with Gasteiger partial charge in [-0.3, -0.25) is 4.79 Å². The van der Waals surface area contributed by atoms with Gasteiger partial charge in [-0.1, -0.05) is 13.8 Å². The second-order valence-electron chi connectivity index (χ2n) is 2.81. The van der Waals surface area contributed by atoms with Gasteiger partial charge in [0.2, 0.25) is 0 Å². The molecule has 0 heterocycles. The summed E-state index contributed by atoms with van der Waals surface area (Å²) >= 11 is 0. The van der Waals surface area contributed by atoms with Crippen molar-refractivity contribution in [2.75, 3.05) is 0 Å². The molecule has 0 fully saturated rings. The lowest BCUT2D eigenvalue weighted by atomic mass is 10.0. The zero-order valence-electron chi connectivity index (χ0n) is 7.09. The van der Waals surface area contributed by atoms with Crippen molar-refractivity contribution < 1.29 is 9.53 Å². The number of esters is 1. The summed E-state index contributed by atoms with van der Waals surface area (Å²) in [5.74, 6) is 0.886. The number of allylic oxidation sites excluding steroid dienone is 2. The van der Waals surface area contributed by atoms with Crippen LogP contribution in [0, 0.1) is 5.92 Å². The predicted octanol–water partition coefficient (Wildman–Crippen LogP) is 2.25. The van der Waals surface area contributed by atoms with E-state index in [1.165, 1.54) is 0 Å². The molecule has 0 bridgehead atoms. The van der Waals surface area contributed by atoms with E-state index in [1.807, 2.05) is 19.9 Å². The Kier molecular flexibility index (Phi) is 2.69. The molecular formula is C9H14O2. The molecule has 0 saturated heterocycles. The Morgan fingerprint density at radius 1 is 1.64 bits per heavy atom. The van der Waals surface area contributed by atoms with E-state index in [1.54, 1.807) is 0 Å². The van der Waals surface area contributed by atoms with Gasteiger partial charge in [-0.15, -0.1) is 0 Å². The van der Waals surface area contributed by atoms with Crippen molar-refractivity contribution in [1.82, 2.24) is 0 Å². The van der Waals surface area contributed by atoms with E-state index in [4.69, 9.17) is 4.74 Å². The van der Waals surface area contributed by atoms with Gasteiger partial charge in [-0.2, -0.15) is 0 Å². The van der Waals surface area contributed by atoms with Crippen LogP contribution in [-0.2, 0) is 9.53 Å². The molecule has 0 spiro atoms. The molecule has 1 aliphatic rings. The van der Waals surface area contributed by atoms with E-state index in [0.717, 1.165) is 25.0 Å². The van der Waals surface area contributed by atoms with Gasteiger partial charge in [-0.25, -0.2) is 0 Å². The summed E-state index contributed by atoms with van der Waals surface area (Å²) in [6, 6.07) is 0. The molecule has 0 radical (unpaired) electrons. The third kappa shape index (κ3) is 2.37. The van der Waals surface area contributed by atoms with Crippen LogP contribution in [0.25, 0.3) is 0 Å². The van der Waals surface area contributed by atoms with Crippen LogP contribution in [0.1, 0.15) is 33.1 Å². The van der Waals surface area contributed by atoms with Crippen LogP contribution in [0.5, 0.6) is 0 Å². The number of ether oxygens (including phenoxy) is 1. The van der Waals surface area contributed by atoms with Crippen LogP contribution in [0.2, 0.25) is 0 Å². The maximum Gasteiger partial charge on any atom is 0.313 e. The minimum Gasteiger partial charge on any atom is -0.431 e. The van der Waals surface area contributed by atoms with Crippen molar-refractivity contribution in [3.63, 3.8) is 0 Å². The van der Waals surface area contributed by atoms with Gasteiger partial charge in [0, 0.05) is 6.42 Å². The van der Waals surface area contributed by atoms with Crippen LogP contribution in [-0.4, -0.2) is 5.97 Å². The Morgan fingerprint density at radius 2 is 2.18 bits per heavy atom. The molecule has 2 nitrogen and oxygen atoms in total. The Bertz CT molecular complexity index is 178. The van der Waals surface area contributed by atoms with Gasteiger partial charge < -0.3 is 4.74 Å². The predicted molar refractivity (Wildman–Crippen MR) is 42.9 cm³/mol. The summed E-state index contributed by atoms with van der Waals surface area (Å²) in [6.07, 6.45) is 4.54. The largest absolute Gasteiger partial charge is 0.431 e. The van der Waals surface area contributed by atoms with Crippen LogP contribution >= 0.6 is 0 Å². The maximum absolute atomic E-state index is 11.2. The van der Waals surface area contributed by atoms with E-state index in [2.05, 4.69) is 0 Å². The summed E-state index contributed by atoms with van der Waals surface area (Å²) in [5, 5.41) is 0. The van der Waals surface area contributed by atoms with Crippen molar-refractivity contribution in [2.45, 2.75) is 33.1 Å². The van der Waals surface area contributed by atoms with Crippen LogP contribution < -0.4 is 0 Å². The smallest absolute Gasteiger partial charge is 0.313 e. The second-order valence-corrected chi connectivity index (χ2v) is 2.81. The minimum atomic E-state index is -0.0567. The number of hydrogen-bond acceptors (Lipinski definition) is 2. The number of hydrogen-bond donors (Lipinski definition) is 0. The van der Waals surface area contributed by atoms with Crippen LogP contribution in [0.3, 0.4) is 0 Å². The van der Waals surface area contributed by atoms with Gasteiger partial charge >= 0.3 is 5.97 Å². The molecule has 0 atom stereocenters. The molecule has 2 heteroatoms. The zero-order valence-corrected chi connectivity index (χ0v) is 7.09. The summed E-state index contributed by atoms with van der Waals surface area (Å²) < 4.78 is 5.03. The van der Waals surface area contributed by atoms with Crippen molar-refractivity contribution >= 4 is 5.97 Å². The first-order chi connectivity index (χ1) is 5.27. The molecule has 0 saturated carbocycles. The van der Waals surface area contributed by atoms with E-state index < -0.39 is 0 Å². The van der Waals surface area contributed by atoms with E-state index in [-0.39, 0.29) is 11.9 Å². The molecule has 0 aromatic carbocycles. The summed E-state index contributed by atoms with van der Waals surface area (Å²) in [4.78, 5) is 11.2. The van der Waals surface area contributed by atoms with Crippen molar-refractivity contribution in [3.05, 3.63) is 11.8 Å². The minimum absolute atomic E-state index is 0.0567. The Labute approximate surface area is 67.2 Å². The first kappa shape index (κ1) is 8.31. The standard InChI is InChI=1S/C9H14O2/c1-3-7(4-2)9(10)11-8-5-6-8/h5,7H,3-4,6H2,1-2H3. The monoisotopic (exact) mass is 154 g/mol. The van der Waals surface area contributed by atoms with Gasteiger partial charge in [0.25, 0.3) is 0 Å². The molecule has 0 amide bonds.